The van der Waals surface area contributed by atoms with E-state index in [1.165, 1.54) is 0 Å². The molecule has 20 heavy (non-hydrogen) atoms. The van der Waals surface area contributed by atoms with E-state index in [1.807, 2.05) is 0 Å². The van der Waals surface area contributed by atoms with Gasteiger partial charge in [-0.25, -0.2) is 0 Å². The van der Waals surface area contributed by atoms with Crippen LogP contribution in [0.2, 0.25) is 0 Å². The van der Waals surface area contributed by atoms with Gasteiger partial charge in [0.05, 0.1) is 16.4 Å². The maximum atomic E-state index is 12.5. The van der Waals surface area contributed by atoms with Gasteiger partial charge in [0.2, 0.25) is 0 Å². The van der Waals surface area contributed by atoms with Crippen molar-refractivity contribution in [2.75, 3.05) is 0 Å². The number of benzene rings is 1. The van der Waals surface area contributed by atoms with E-state index >= 15 is 0 Å². The number of nitrogens with zero attached hydrogens (tertiary/aromatic N) is 1. The van der Waals surface area contributed by atoms with Crippen LogP contribution in [0.1, 0.15) is 36.8 Å². The molecule has 1 aromatic carbocycles. The number of hydrogen-bond donors (Lipinski definition) is 1. The Balaban J connectivity index is 3.39. The number of nitro benzene ring substituents is 1. The van der Waals surface area contributed by atoms with Gasteiger partial charge in [0.15, 0.2) is 0 Å². The number of rotatable bonds is 5. The van der Waals surface area contributed by atoms with Gasteiger partial charge in [-0.05, 0) is 12.5 Å². The van der Waals surface area contributed by atoms with E-state index in [1.54, 1.807) is 6.92 Å². The van der Waals surface area contributed by atoms with Gasteiger partial charge in [-0.3, -0.25) is 14.9 Å². The van der Waals surface area contributed by atoms with Crippen molar-refractivity contribution >= 4 is 11.7 Å². The first kappa shape index (κ1) is 15.9. The summed E-state index contributed by atoms with van der Waals surface area (Å²) in [6, 6.07) is 1.91. The largest absolute Gasteiger partial charge is 0.481 e. The fourth-order valence-corrected chi connectivity index (χ4v) is 1.87. The molecule has 0 spiro atoms. The van der Waals surface area contributed by atoms with Crippen molar-refractivity contribution in [1.82, 2.24) is 0 Å². The van der Waals surface area contributed by atoms with Gasteiger partial charge < -0.3 is 5.11 Å². The second kappa shape index (κ2) is 5.89. The predicted molar refractivity (Wildman–Crippen MR) is 63.4 cm³/mol. The highest BCUT2D eigenvalue weighted by atomic mass is 19.4. The third-order valence-corrected chi connectivity index (χ3v) is 2.81. The zero-order chi connectivity index (χ0) is 15.5. The van der Waals surface area contributed by atoms with Crippen molar-refractivity contribution in [2.45, 2.75) is 31.9 Å². The molecule has 0 aliphatic heterocycles. The average Bonchev–Trinajstić information content (AvgIpc) is 2.33. The first-order valence-electron chi connectivity index (χ1n) is 5.76. The minimum Gasteiger partial charge on any atom is -0.481 e. The van der Waals surface area contributed by atoms with E-state index in [-0.39, 0.29) is 12.0 Å². The number of nitro groups is 1. The highest BCUT2D eigenvalue weighted by Gasteiger charge is 2.35. The monoisotopic (exact) mass is 291 g/mol. The minimum atomic E-state index is -4.72. The van der Waals surface area contributed by atoms with E-state index in [0.717, 1.165) is 6.07 Å². The van der Waals surface area contributed by atoms with Crippen LogP contribution >= 0.6 is 0 Å². The van der Waals surface area contributed by atoms with Gasteiger partial charge in [-0.15, -0.1) is 0 Å². The number of carboxylic acids is 1. The molecule has 0 aliphatic rings. The van der Waals surface area contributed by atoms with Gasteiger partial charge in [-0.2, -0.15) is 13.2 Å². The lowest BCUT2D eigenvalue weighted by molar-refractivity contribution is -0.386. The number of hydrogen-bond acceptors (Lipinski definition) is 3. The Morgan fingerprint density at radius 2 is 2.05 bits per heavy atom. The van der Waals surface area contributed by atoms with Gasteiger partial charge in [0.25, 0.3) is 5.69 Å². The SMILES string of the molecule is CCCC(C(=O)O)c1ccc(C(F)(F)F)cc1[N+](=O)[O-]. The lowest BCUT2D eigenvalue weighted by Gasteiger charge is -2.13. The Bertz CT molecular complexity index is 528. The van der Waals surface area contributed by atoms with E-state index in [9.17, 15) is 28.1 Å². The molecule has 0 aromatic heterocycles. The number of halogens is 3. The molecule has 1 atom stereocenters. The first-order chi connectivity index (χ1) is 9.18. The van der Waals surface area contributed by atoms with E-state index in [2.05, 4.69) is 0 Å². The Morgan fingerprint density at radius 3 is 2.45 bits per heavy atom. The Kier molecular flexibility index (Phi) is 4.69. The molecule has 0 heterocycles. The molecule has 1 unspecified atom stereocenters. The second-order valence-electron chi connectivity index (χ2n) is 4.21. The standard InChI is InChI=1S/C12H12F3NO4/c1-2-3-9(11(17)18)8-5-4-7(12(13,14)15)6-10(8)16(19)20/h4-6,9H,2-3H2,1H3,(H,17,18). The number of aliphatic carboxylic acids is 1. The average molecular weight is 291 g/mol. The molecule has 0 amide bonds. The highest BCUT2D eigenvalue weighted by molar-refractivity contribution is 5.78. The van der Waals surface area contributed by atoms with Crippen molar-refractivity contribution in [3.05, 3.63) is 39.4 Å². The molecule has 1 rings (SSSR count). The molecular formula is C12H12F3NO4. The lowest BCUT2D eigenvalue weighted by Crippen LogP contribution is -2.14. The predicted octanol–water partition coefficient (Wildman–Crippen LogP) is 3.58. The number of carbonyl (C=O) groups is 1. The topological polar surface area (TPSA) is 80.4 Å². The van der Waals surface area contributed by atoms with Gasteiger partial charge >= 0.3 is 12.1 Å². The molecule has 0 aliphatic carbocycles. The van der Waals surface area contributed by atoms with Crippen LogP contribution in [0.3, 0.4) is 0 Å². The third kappa shape index (κ3) is 3.46. The summed E-state index contributed by atoms with van der Waals surface area (Å²) in [6.07, 6.45) is -4.16. The molecule has 1 N–H and O–H groups in total. The summed E-state index contributed by atoms with van der Waals surface area (Å²) in [4.78, 5) is 21.0. The summed E-state index contributed by atoms with van der Waals surface area (Å²) in [5.74, 6) is -2.49. The Labute approximate surface area is 112 Å². The number of carboxylic acid groups (broad SMARTS) is 1. The summed E-state index contributed by atoms with van der Waals surface area (Å²) < 4.78 is 37.6. The van der Waals surface area contributed by atoms with Crippen molar-refractivity contribution in [3.8, 4) is 0 Å². The molecular weight excluding hydrogens is 279 g/mol. The molecule has 110 valence electrons. The highest BCUT2D eigenvalue weighted by Crippen LogP contribution is 2.36. The van der Waals surface area contributed by atoms with Crippen LogP contribution in [0.4, 0.5) is 18.9 Å². The van der Waals surface area contributed by atoms with Gasteiger partial charge in [0, 0.05) is 11.6 Å². The minimum absolute atomic E-state index is 0.113. The maximum absolute atomic E-state index is 12.5. The summed E-state index contributed by atoms with van der Waals surface area (Å²) in [5.41, 5.74) is -2.20. The van der Waals surface area contributed by atoms with Crippen LogP contribution in [0.5, 0.6) is 0 Å². The smallest absolute Gasteiger partial charge is 0.416 e. The lowest BCUT2D eigenvalue weighted by atomic mass is 9.92. The zero-order valence-electron chi connectivity index (χ0n) is 10.5. The van der Waals surface area contributed by atoms with Crippen molar-refractivity contribution in [1.29, 1.82) is 0 Å². The van der Waals surface area contributed by atoms with Crippen LogP contribution in [-0.4, -0.2) is 16.0 Å². The fourth-order valence-electron chi connectivity index (χ4n) is 1.87. The Morgan fingerprint density at radius 1 is 1.45 bits per heavy atom. The molecule has 8 heteroatoms. The van der Waals surface area contributed by atoms with Gasteiger partial charge in [0.1, 0.15) is 0 Å². The van der Waals surface area contributed by atoms with Crippen LogP contribution in [-0.2, 0) is 11.0 Å². The molecule has 0 saturated carbocycles. The van der Waals surface area contributed by atoms with Crippen LogP contribution in [0, 0.1) is 10.1 Å². The summed E-state index contributed by atoms with van der Waals surface area (Å²) in [5, 5.41) is 19.9. The third-order valence-electron chi connectivity index (χ3n) is 2.81. The Hall–Kier alpha value is -2.12. The van der Waals surface area contributed by atoms with E-state index in [0.29, 0.717) is 18.6 Å². The first-order valence-corrected chi connectivity index (χ1v) is 5.76. The maximum Gasteiger partial charge on any atom is 0.416 e. The van der Waals surface area contributed by atoms with Crippen molar-refractivity contribution in [3.63, 3.8) is 0 Å². The normalized spacial score (nSPS) is 13.0. The quantitative estimate of drug-likeness (QED) is 0.664. The molecule has 1 aromatic rings. The number of alkyl halides is 3. The van der Waals surface area contributed by atoms with E-state index in [4.69, 9.17) is 5.11 Å². The molecule has 0 fully saturated rings. The van der Waals surface area contributed by atoms with Gasteiger partial charge in [-0.1, -0.05) is 19.4 Å². The molecule has 0 bridgehead atoms. The van der Waals surface area contributed by atoms with Crippen molar-refractivity contribution < 1.29 is 28.0 Å². The fraction of sp³-hybridized carbons (Fsp3) is 0.417. The molecule has 5 nitrogen and oxygen atoms in total. The zero-order valence-corrected chi connectivity index (χ0v) is 10.5. The molecule has 0 radical (unpaired) electrons. The summed E-state index contributed by atoms with van der Waals surface area (Å²) in [6.45, 7) is 1.69. The van der Waals surface area contributed by atoms with Crippen molar-refractivity contribution in [2.24, 2.45) is 0 Å². The van der Waals surface area contributed by atoms with Crippen LogP contribution in [0.15, 0.2) is 18.2 Å². The molecule has 0 saturated heterocycles. The summed E-state index contributed by atoms with van der Waals surface area (Å²) in [7, 11) is 0. The van der Waals surface area contributed by atoms with E-state index < -0.39 is 34.2 Å². The summed E-state index contributed by atoms with van der Waals surface area (Å²) >= 11 is 0. The van der Waals surface area contributed by atoms with Crippen LogP contribution < -0.4 is 0 Å². The van der Waals surface area contributed by atoms with Crippen LogP contribution in [0.25, 0.3) is 0 Å². The second-order valence-corrected chi connectivity index (χ2v) is 4.21.